The zero-order valence-electron chi connectivity index (χ0n) is 10.2. The molecule has 1 N–H and O–H groups in total. The van der Waals surface area contributed by atoms with Crippen molar-refractivity contribution in [2.24, 2.45) is 0 Å². The summed E-state index contributed by atoms with van der Waals surface area (Å²) in [5.41, 5.74) is -0.778. The van der Waals surface area contributed by atoms with Crippen molar-refractivity contribution in [1.29, 1.82) is 0 Å². The van der Waals surface area contributed by atoms with Crippen molar-refractivity contribution < 1.29 is 18.3 Å². The summed E-state index contributed by atoms with van der Waals surface area (Å²) in [4.78, 5) is 8.35. The van der Waals surface area contributed by atoms with Gasteiger partial charge in [0.25, 0.3) is 0 Å². The third-order valence-corrected chi connectivity index (χ3v) is 3.29. The number of alkyl halides is 3. The number of hydrogen-bond acceptors (Lipinski definition) is 4. The van der Waals surface area contributed by atoms with Gasteiger partial charge in [-0.2, -0.15) is 13.2 Å². The second-order valence-electron chi connectivity index (χ2n) is 4.85. The molecule has 1 aromatic rings. The lowest BCUT2D eigenvalue weighted by Crippen LogP contribution is -2.43. The Labute approximate surface area is 113 Å². The standard InChI is InChI=1S/C11H13ClF3N3O/c1-10(19)2-4-18(5-3-10)8-6-7(12)16-9(17-8)11(13,14)15/h6,19H,2-5H2,1H3. The number of aromatic nitrogens is 2. The topological polar surface area (TPSA) is 49.2 Å². The van der Waals surface area contributed by atoms with Gasteiger partial charge in [-0.15, -0.1) is 0 Å². The molecule has 1 aliphatic rings. The molecular weight excluding hydrogens is 283 g/mol. The van der Waals surface area contributed by atoms with E-state index in [0.717, 1.165) is 0 Å². The Bertz CT molecular complexity index is 469. The summed E-state index contributed by atoms with van der Waals surface area (Å²) < 4.78 is 37.8. The number of piperidine rings is 1. The van der Waals surface area contributed by atoms with E-state index >= 15 is 0 Å². The highest BCUT2D eigenvalue weighted by Crippen LogP contribution is 2.31. The van der Waals surface area contributed by atoms with Crippen molar-refractivity contribution in [3.8, 4) is 0 Å². The third kappa shape index (κ3) is 3.48. The molecule has 2 rings (SSSR count). The van der Waals surface area contributed by atoms with Gasteiger partial charge in [-0.05, 0) is 19.8 Å². The van der Waals surface area contributed by atoms with Crippen molar-refractivity contribution in [2.75, 3.05) is 18.0 Å². The maximum absolute atomic E-state index is 12.6. The molecule has 1 saturated heterocycles. The predicted molar refractivity (Wildman–Crippen MR) is 64.1 cm³/mol. The summed E-state index contributed by atoms with van der Waals surface area (Å²) in [5.74, 6) is -1.10. The molecule has 8 heteroatoms. The summed E-state index contributed by atoms with van der Waals surface area (Å²) in [7, 11) is 0. The highest BCUT2D eigenvalue weighted by atomic mass is 35.5. The number of halogens is 4. The molecule has 106 valence electrons. The minimum atomic E-state index is -4.62. The maximum Gasteiger partial charge on any atom is 0.451 e. The van der Waals surface area contributed by atoms with E-state index in [1.807, 2.05) is 0 Å². The molecule has 0 bridgehead atoms. The van der Waals surface area contributed by atoms with E-state index in [0.29, 0.717) is 25.9 Å². The van der Waals surface area contributed by atoms with Gasteiger partial charge in [0, 0.05) is 19.2 Å². The minimum absolute atomic E-state index is 0.142. The molecular formula is C11H13ClF3N3O. The summed E-state index contributed by atoms with van der Waals surface area (Å²) in [6, 6.07) is 1.30. The van der Waals surface area contributed by atoms with E-state index in [-0.39, 0.29) is 11.0 Å². The first-order chi connectivity index (χ1) is 8.67. The van der Waals surface area contributed by atoms with Gasteiger partial charge in [0.2, 0.25) is 5.82 Å². The Hall–Kier alpha value is -1.08. The van der Waals surface area contributed by atoms with Gasteiger partial charge in [-0.25, -0.2) is 9.97 Å². The first kappa shape index (κ1) is 14.3. The van der Waals surface area contributed by atoms with Crippen LogP contribution in [-0.4, -0.2) is 33.8 Å². The Morgan fingerprint density at radius 1 is 1.32 bits per heavy atom. The SMILES string of the molecule is CC1(O)CCN(c2cc(Cl)nc(C(F)(F)F)n2)CC1. The van der Waals surface area contributed by atoms with Crippen LogP contribution in [0, 0.1) is 0 Å². The molecule has 1 fully saturated rings. The monoisotopic (exact) mass is 295 g/mol. The van der Waals surface area contributed by atoms with E-state index < -0.39 is 17.6 Å². The molecule has 0 unspecified atom stereocenters. The first-order valence-corrected chi connectivity index (χ1v) is 6.14. The van der Waals surface area contributed by atoms with E-state index in [4.69, 9.17) is 11.6 Å². The maximum atomic E-state index is 12.6. The Morgan fingerprint density at radius 2 is 1.89 bits per heavy atom. The number of anilines is 1. The first-order valence-electron chi connectivity index (χ1n) is 5.76. The van der Waals surface area contributed by atoms with E-state index in [2.05, 4.69) is 9.97 Å². The quantitative estimate of drug-likeness (QED) is 0.809. The molecule has 0 saturated carbocycles. The zero-order chi connectivity index (χ0) is 14.3. The van der Waals surface area contributed by atoms with Gasteiger partial charge in [0.05, 0.1) is 5.60 Å². The summed E-state index contributed by atoms with van der Waals surface area (Å²) in [6.07, 6.45) is -3.69. The van der Waals surface area contributed by atoms with E-state index in [9.17, 15) is 18.3 Å². The van der Waals surface area contributed by atoms with Gasteiger partial charge in [0.15, 0.2) is 0 Å². The molecule has 0 amide bonds. The van der Waals surface area contributed by atoms with E-state index in [1.165, 1.54) is 6.07 Å². The van der Waals surface area contributed by atoms with Gasteiger partial charge < -0.3 is 10.0 Å². The number of aliphatic hydroxyl groups is 1. The largest absolute Gasteiger partial charge is 0.451 e. The molecule has 0 radical (unpaired) electrons. The summed E-state index contributed by atoms with van der Waals surface area (Å²) in [5, 5.41) is 9.57. The molecule has 0 spiro atoms. The van der Waals surface area contributed by atoms with Crippen LogP contribution in [0.15, 0.2) is 6.07 Å². The highest BCUT2D eigenvalue weighted by Gasteiger charge is 2.36. The average molecular weight is 296 g/mol. The number of hydrogen-bond donors (Lipinski definition) is 1. The second kappa shape index (κ2) is 4.79. The van der Waals surface area contributed by atoms with Crippen LogP contribution in [0.25, 0.3) is 0 Å². The van der Waals surface area contributed by atoms with Gasteiger partial charge in [-0.3, -0.25) is 0 Å². The normalized spacial score (nSPS) is 19.6. The molecule has 0 aromatic carbocycles. The lowest BCUT2D eigenvalue weighted by atomic mass is 9.94. The third-order valence-electron chi connectivity index (χ3n) is 3.10. The molecule has 1 aromatic heterocycles. The summed E-state index contributed by atoms with van der Waals surface area (Å²) in [6.45, 7) is 2.56. The van der Waals surface area contributed by atoms with Crippen molar-refractivity contribution in [1.82, 2.24) is 9.97 Å². The van der Waals surface area contributed by atoms with Crippen LogP contribution in [0.1, 0.15) is 25.6 Å². The zero-order valence-corrected chi connectivity index (χ0v) is 11.0. The second-order valence-corrected chi connectivity index (χ2v) is 5.24. The average Bonchev–Trinajstić information content (AvgIpc) is 2.26. The molecule has 0 atom stereocenters. The van der Waals surface area contributed by atoms with Crippen LogP contribution < -0.4 is 4.90 Å². The van der Waals surface area contributed by atoms with Gasteiger partial charge >= 0.3 is 6.18 Å². The smallest absolute Gasteiger partial charge is 0.390 e. The minimum Gasteiger partial charge on any atom is -0.390 e. The van der Waals surface area contributed by atoms with E-state index in [1.54, 1.807) is 11.8 Å². The van der Waals surface area contributed by atoms with Crippen molar-refractivity contribution in [3.63, 3.8) is 0 Å². The van der Waals surface area contributed by atoms with Gasteiger partial charge in [-0.1, -0.05) is 11.6 Å². The van der Waals surface area contributed by atoms with Crippen LogP contribution in [0.4, 0.5) is 19.0 Å². The van der Waals surface area contributed by atoms with Crippen molar-refractivity contribution in [3.05, 3.63) is 17.0 Å². The number of rotatable bonds is 1. The molecule has 1 aliphatic heterocycles. The highest BCUT2D eigenvalue weighted by molar-refractivity contribution is 6.29. The lowest BCUT2D eigenvalue weighted by molar-refractivity contribution is -0.144. The molecule has 2 heterocycles. The Morgan fingerprint density at radius 3 is 2.42 bits per heavy atom. The fourth-order valence-corrected chi connectivity index (χ4v) is 2.09. The van der Waals surface area contributed by atoms with Crippen LogP contribution in [0.5, 0.6) is 0 Å². The molecule has 0 aliphatic carbocycles. The molecule has 4 nitrogen and oxygen atoms in total. The van der Waals surface area contributed by atoms with Gasteiger partial charge in [0.1, 0.15) is 11.0 Å². The molecule has 19 heavy (non-hydrogen) atoms. The fraction of sp³-hybridized carbons (Fsp3) is 0.636. The van der Waals surface area contributed by atoms with Crippen LogP contribution in [0.2, 0.25) is 5.15 Å². The van der Waals surface area contributed by atoms with Crippen LogP contribution in [-0.2, 0) is 6.18 Å². The fourth-order valence-electron chi connectivity index (χ4n) is 1.91. The Balaban J connectivity index is 2.24. The Kier molecular flexibility index (Phi) is 3.61. The van der Waals surface area contributed by atoms with Crippen molar-refractivity contribution >= 4 is 17.4 Å². The number of nitrogens with zero attached hydrogens (tertiary/aromatic N) is 3. The predicted octanol–water partition coefficient (Wildman–Crippen LogP) is 2.50. The van der Waals surface area contributed by atoms with Crippen LogP contribution >= 0.6 is 11.6 Å². The van der Waals surface area contributed by atoms with Crippen molar-refractivity contribution in [2.45, 2.75) is 31.5 Å². The van der Waals surface area contributed by atoms with Crippen LogP contribution in [0.3, 0.4) is 0 Å². The lowest BCUT2D eigenvalue weighted by Gasteiger charge is -2.36. The summed E-state index contributed by atoms with van der Waals surface area (Å²) >= 11 is 5.60.